The van der Waals surface area contributed by atoms with Crippen molar-refractivity contribution in [2.24, 2.45) is 0 Å². The van der Waals surface area contributed by atoms with Crippen molar-refractivity contribution in [2.45, 2.75) is 25.8 Å². The van der Waals surface area contributed by atoms with E-state index in [1.54, 1.807) is 4.90 Å². The van der Waals surface area contributed by atoms with Gasteiger partial charge in [-0.15, -0.1) is 0 Å². The number of hydrogen-bond acceptors (Lipinski definition) is 3. The molecule has 20 heavy (non-hydrogen) atoms. The van der Waals surface area contributed by atoms with Crippen LogP contribution < -0.4 is 5.32 Å². The van der Waals surface area contributed by atoms with Gasteiger partial charge in [0.25, 0.3) is 5.91 Å². The highest BCUT2D eigenvalue weighted by Gasteiger charge is 2.25. The Morgan fingerprint density at radius 2 is 2.00 bits per heavy atom. The van der Waals surface area contributed by atoms with Gasteiger partial charge in [-0.1, -0.05) is 23.2 Å². The highest BCUT2D eigenvalue weighted by atomic mass is 35.5. The number of hydrogen-bond donors (Lipinski definition) is 1. The minimum atomic E-state index is -0.152. The number of carbonyl (C=O) groups is 2. The van der Waals surface area contributed by atoms with Crippen molar-refractivity contribution in [2.75, 3.05) is 13.1 Å². The maximum absolute atomic E-state index is 12.4. The molecule has 0 radical (unpaired) electrons. The Morgan fingerprint density at radius 3 is 2.60 bits per heavy atom. The van der Waals surface area contributed by atoms with Crippen molar-refractivity contribution in [3.8, 4) is 0 Å². The highest BCUT2D eigenvalue weighted by molar-refractivity contribution is 6.35. The van der Waals surface area contributed by atoms with Crippen LogP contribution in [-0.2, 0) is 4.79 Å². The highest BCUT2D eigenvalue weighted by Crippen LogP contribution is 2.21. The van der Waals surface area contributed by atoms with Gasteiger partial charge in [0.2, 0.25) is 5.91 Å². The van der Waals surface area contributed by atoms with Crippen LogP contribution in [0.3, 0.4) is 0 Å². The molecule has 1 N–H and O–H groups in total. The summed E-state index contributed by atoms with van der Waals surface area (Å²) < 4.78 is 0. The zero-order chi connectivity index (χ0) is 14.7. The molecule has 0 aromatic carbocycles. The van der Waals surface area contributed by atoms with Crippen LogP contribution in [0.2, 0.25) is 10.2 Å². The Balaban J connectivity index is 2.01. The average molecular weight is 316 g/mol. The molecule has 7 heteroatoms. The topological polar surface area (TPSA) is 62.3 Å². The van der Waals surface area contributed by atoms with Crippen LogP contribution in [0.1, 0.15) is 30.1 Å². The molecule has 0 saturated carbocycles. The zero-order valence-electron chi connectivity index (χ0n) is 11.0. The first-order chi connectivity index (χ1) is 9.47. The first-order valence-electron chi connectivity index (χ1n) is 6.35. The molecule has 1 fully saturated rings. The quantitative estimate of drug-likeness (QED) is 0.850. The van der Waals surface area contributed by atoms with Gasteiger partial charge in [-0.2, -0.15) is 0 Å². The van der Waals surface area contributed by atoms with Crippen LogP contribution in [-0.4, -0.2) is 40.8 Å². The molecule has 1 aromatic rings. The molecule has 1 aromatic heterocycles. The third-order valence-electron chi connectivity index (χ3n) is 3.24. The van der Waals surface area contributed by atoms with Gasteiger partial charge in [0.15, 0.2) is 0 Å². The van der Waals surface area contributed by atoms with Crippen molar-refractivity contribution >= 4 is 35.0 Å². The molecule has 2 rings (SSSR count). The molecule has 0 bridgehead atoms. The van der Waals surface area contributed by atoms with E-state index >= 15 is 0 Å². The summed E-state index contributed by atoms with van der Waals surface area (Å²) in [5, 5.41) is 3.40. The van der Waals surface area contributed by atoms with Crippen molar-refractivity contribution in [1.29, 1.82) is 0 Å². The van der Waals surface area contributed by atoms with Gasteiger partial charge in [0.1, 0.15) is 5.15 Å². The molecule has 2 amide bonds. The third kappa shape index (κ3) is 3.61. The summed E-state index contributed by atoms with van der Waals surface area (Å²) in [6.45, 7) is 2.66. The molecule has 5 nitrogen and oxygen atoms in total. The van der Waals surface area contributed by atoms with Gasteiger partial charge >= 0.3 is 0 Å². The van der Waals surface area contributed by atoms with E-state index in [1.807, 2.05) is 0 Å². The summed E-state index contributed by atoms with van der Waals surface area (Å²) in [6.07, 6.45) is 2.85. The third-order valence-corrected chi connectivity index (χ3v) is 3.75. The Hall–Kier alpha value is -1.33. The standard InChI is InChI=1S/C13H15Cl2N3O2/c1-8(19)17-9-2-4-18(5-3-9)13(20)10-6-12(15)16-7-11(10)14/h6-7,9H,2-5H2,1H3,(H,17,19). The van der Waals surface area contributed by atoms with E-state index in [0.717, 1.165) is 12.8 Å². The molecule has 0 spiro atoms. The van der Waals surface area contributed by atoms with E-state index in [4.69, 9.17) is 23.2 Å². The Morgan fingerprint density at radius 1 is 1.35 bits per heavy atom. The second kappa shape index (κ2) is 6.41. The van der Waals surface area contributed by atoms with Crippen molar-refractivity contribution in [3.63, 3.8) is 0 Å². The molecule has 1 aliphatic rings. The van der Waals surface area contributed by atoms with Gasteiger partial charge in [0.05, 0.1) is 10.6 Å². The van der Waals surface area contributed by atoms with Crippen LogP contribution in [0.4, 0.5) is 0 Å². The first-order valence-corrected chi connectivity index (χ1v) is 7.10. The smallest absolute Gasteiger partial charge is 0.255 e. The summed E-state index contributed by atoms with van der Waals surface area (Å²) in [5.41, 5.74) is 0.365. The lowest BCUT2D eigenvalue weighted by Crippen LogP contribution is -2.46. The SMILES string of the molecule is CC(=O)NC1CCN(C(=O)c2cc(Cl)ncc2Cl)CC1. The number of piperidine rings is 1. The lowest BCUT2D eigenvalue weighted by molar-refractivity contribution is -0.119. The fourth-order valence-corrected chi connectivity index (χ4v) is 2.60. The van der Waals surface area contributed by atoms with Crippen LogP contribution in [0.5, 0.6) is 0 Å². The van der Waals surface area contributed by atoms with Gasteiger partial charge in [-0.25, -0.2) is 4.98 Å². The lowest BCUT2D eigenvalue weighted by Gasteiger charge is -2.32. The molecule has 0 unspecified atom stereocenters. The summed E-state index contributed by atoms with van der Waals surface area (Å²) >= 11 is 11.8. The van der Waals surface area contributed by atoms with E-state index in [0.29, 0.717) is 23.7 Å². The van der Waals surface area contributed by atoms with Gasteiger partial charge in [-0.3, -0.25) is 9.59 Å². The van der Waals surface area contributed by atoms with E-state index < -0.39 is 0 Å². The van der Waals surface area contributed by atoms with Crippen LogP contribution in [0.25, 0.3) is 0 Å². The molecular weight excluding hydrogens is 301 g/mol. The van der Waals surface area contributed by atoms with Crippen LogP contribution >= 0.6 is 23.2 Å². The number of pyridine rings is 1. The summed E-state index contributed by atoms with van der Waals surface area (Å²) in [4.78, 5) is 28.9. The summed E-state index contributed by atoms with van der Waals surface area (Å²) in [7, 11) is 0. The maximum Gasteiger partial charge on any atom is 0.255 e. The number of likely N-dealkylation sites (tertiary alicyclic amines) is 1. The molecule has 1 saturated heterocycles. The Labute approximate surface area is 127 Å². The molecular formula is C13H15Cl2N3O2. The lowest BCUT2D eigenvalue weighted by atomic mass is 10.0. The number of carbonyl (C=O) groups excluding carboxylic acids is 2. The van der Waals surface area contributed by atoms with Crippen molar-refractivity contribution < 1.29 is 9.59 Å². The number of aromatic nitrogens is 1. The molecule has 0 atom stereocenters. The van der Waals surface area contributed by atoms with Crippen molar-refractivity contribution in [3.05, 3.63) is 28.0 Å². The van der Waals surface area contributed by atoms with E-state index in [9.17, 15) is 9.59 Å². The van der Waals surface area contributed by atoms with E-state index in [1.165, 1.54) is 19.2 Å². The van der Waals surface area contributed by atoms with Gasteiger partial charge in [0, 0.05) is 32.3 Å². The van der Waals surface area contributed by atoms with Gasteiger partial charge < -0.3 is 10.2 Å². The zero-order valence-corrected chi connectivity index (χ0v) is 12.5. The molecule has 1 aliphatic heterocycles. The fourth-order valence-electron chi connectivity index (χ4n) is 2.26. The summed E-state index contributed by atoms with van der Waals surface area (Å²) in [6, 6.07) is 1.61. The number of amides is 2. The van der Waals surface area contributed by atoms with Gasteiger partial charge in [-0.05, 0) is 18.9 Å². The summed E-state index contributed by atoms with van der Waals surface area (Å²) in [5.74, 6) is -0.195. The van der Waals surface area contributed by atoms with E-state index in [-0.39, 0.29) is 23.0 Å². The van der Waals surface area contributed by atoms with Crippen molar-refractivity contribution in [1.82, 2.24) is 15.2 Å². The monoisotopic (exact) mass is 315 g/mol. The molecule has 2 heterocycles. The minimum absolute atomic E-state index is 0.0428. The van der Waals surface area contributed by atoms with E-state index in [2.05, 4.69) is 10.3 Å². The Kier molecular flexibility index (Phi) is 4.83. The average Bonchev–Trinajstić information content (AvgIpc) is 2.41. The van der Waals surface area contributed by atoms with Crippen LogP contribution in [0, 0.1) is 0 Å². The minimum Gasteiger partial charge on any atom is -0.353 e. The molecule has 108 valence electrons. The predicted molar refractivity (Wildman–Crippen MR) is 77.0 cm³/mol. The second-order valence-corrected chi connectivity index (χ2v) is 5.55. The number of nitrogens with zero attached hydrogens (tertiary/aromatic N) is 2. The number of nitrogens with one attached hydrogen (secondary N) is 1. The predicted octanol–water partition coefficient (Wildman–Crippen LogP) is 2.13. The second-order valence-electron chi connectivity index (χ2n) is 4.75. The first kappa shape index (κ1) is 15.1. The fraction of sp³-hybridized carbons (Fsp3) is 0.462. The normalized spacial score (nSPS) is 16.1. The Bertz CT molecular complexity index is 528. The maximum atomic E-state index is 12.4. The van der Waals surface area contributed by atoms with Crippen LogP contribution in [0.15, 0.2) is 12.3 Å². The largest absolute Gasteiger partial charge is 0.353 e. The number of halogens is 2. The number of rotatable bonds is 2. The molecule has 0 aliphatic carbocycles.